The Morgan fingerprint density at radius 2 is 1.87 bits per heavy atom. The highest BCUT2D eigenvalue weighted by molar-refractivity contribution is 5.69. The highest BCUT2D eigenvalue weighted by Gasteiger charge is 2.15. The van der Waals surface area contributed by atoms with Gasteiger partial charge in [0.2, 0.25) is 5.89 Å². The van der Waals surface area contributed by atoms with Crippen LogP contribution >= 0.6 is 0 Å². The minimum absolute atomic E-state index is 0.0204. The van der Waals surface area contributed by atoms with Gasteiger partial charge in [-0.05, 0) is 42.5 Å². The molecule has 0 radical (unpaired) electrons. The average molecular weight is 421 g/mol. The molecule has 2 heterocycles. The molecule has 0 N–H and O–H groups in total. The van der Waals surface area contributed by atoms with Crippen molar-refractivity contribution < 1.29 is 23.1 Å². The number of hydrogen-bond acceptors (Lipinski definition) is 7. The smallest absolute Gasteiger partial charge is 0.437 e. The van der Waals surface area contributed by atoms with E-state index in [2.05, 4.69) is 10.1 Å². The molecule has 9 heteroatoms. The minimum atomic E-state index is -0.823. The molecule has 8 nitrogen and oxygen atoms in total. The molecule has 2 aromatic carbocycles. The van der Waals surface area contributed by atoms with Crippen LogP contribution in [0.25, 0.3) is 11.5 Å². The number of benzene rings is 2. The van der Waals surface area contributed by atoms with Gasteiger partial charge in [-0.15, -0.1) is 5.10 Å². The highest BCUT2D eigenvalue weighted by atomic mass is 19.1. The minimum Gasteiger partial charge on any atom is -0.459 e. The van der Waals surface area contributed by atoms with E-state index >= 15 is 0 Å². The van der Waals surface area contributed by atoms with Crippen LogP contribution in [-0.2, 0) is 22.7 Å². The lowest BCUT2D eigenvalue weighted by molar-refractivity contribution is -0.146. The van der Waals surface area contributed by atoms with Gasteiger partial charge in [-0.3, -0.25) is 9.78 Å². The number of aromatic nitrogens is 3. The molecule has 0 atom stereocenters. The van der Waals surface area contributed by atoms with Gasteiger partial charge >= 0.3 is 11.7 Å². The van der Waals surface area contributed by atoms with Gasteiger partial charge in [0.15, 0.2) is 0 Å². The van der Waals surface area contributed by atoms with Crippen LogP contribution in [0.15, 0.2) is 82.3 Å². The molecule has 0 unspecified atom stereocenters. The van der Waals surface area contributed by atoms with Crippen molar-refractivity contribution in [2.75, 3.05) is 0 Å². The Bertz CT molecular complexity index is 1240. The summed E-state index contributed by atoms with van der Waals surface area (Å²) in [6, 6.07) is 15.9. The van der Waals surface area contributed by atoms with Crippen molar-refractivity contribution in [2.45, 2.75) is 13.2 Å². The quantitative estimate of drug-likeness (QED) is 0.421. The number of pyridine rings is 1. The van der Waals surface area contributed by atoms with E-state index in [1.807, 2.05) is 0 Å². The van der Waals surface area contributed by atoms with E-state index in [1.54, 1.807) is 48.8 Å². The van der Waals surface area contributed by atoms with E-state index in [9.17, 15) is 14.0 Å². The zero-order chi connectivity index (χ0) is 21.6. The number of carbonyl (C=O) groups excluding carboxylic acids is 1. The molecule has 0 aliphatic rings. The molecule has 0 amide bonds. The van der Waals surface area contributed by atoms with Crippen molar-refractivity contribution in [3.63, 3.8) is 0 Å². The third-order valence-electron chi connectivity index (χ3n) is 4.20. The summed E-state index contributed by atoms with van der Waals surface area (Å²) in [5.74, 6) is -0.895. The van der Waals surface area contributed by atoms with Crippen LogP contribution in [-0.4, -0.2) is 20.7 Å². The molecule has 0 bridgehead atoms. The first-order valence-electron chi connectivity index (χ1n) is 9.24. The molecular weight excluding hydrogens is 405 g/mol. The number of ether oxygens (including phenoxy) is 2. The Morgan fingerprint density at radius 1 is 1.06 bits per heavy atom. The maximum absolute atomic E-state index is 13.0. The number of hydrogen-bond donors (Lipinski definition) is 0. The summed E-state index contributed by atoms with van der Waals surface area (Å²) in [5.41, 5.74) is 1.05. The Morgan fingerprint density at radius 3 is 2.65 bits per heavy atom. The second kappa shape index (κ2) is 9.04. The van der Waals surface area contributed by atoms with E-state index in [0.717, 1.165) is 4.68 Å². The normalized spacial score (nSPS) is 10.6. The van der Waals surface area contributed by atoms with E-state index in [4.69, 9.17) is 13.9 Å². The van der Waals surface area contributed by atoms with Crippen LogP contribution in [0.2, 0.25) is 0 Å². The van der Waals surface area contributed by atoms with Crippen LogP contribution in [0.3, 0.4) is 0 Å². The summed E-state index contributed by atoms with van der Waals surface area (Å²) in [6.07, 6.45) is 3.20. The van der Waals surface area contributed by atoms with E-state index in [-0.39, 0.29) is 12.5 Å². The van der Waals surface area contributed by atoms with Gasteiger partial charge in [0.25, 0.3) is 0 Å². The van der Waals surface area contributed by atoms with Gasteiger partial charge in [0.1, 0.15) is 30.5 Å². The number of halogens is 1. The van der Waals surface area contributed by atoms with Gasteiger partial charge in [-0.2, -0.15) is 4.68 Å². The topological polar surface area (TPSA) is 96.5 Å². The van der Waals surface area contributed by atoms with Gasteiger partial charge in [-0.25, -0.2) is 9.18 Å². The lowest BCUT2D eigenvalue weighted by Crippen LogP contribution is -2.23. The zero-order valence-electron chi connectivity index (χ0n) is 16.1. The molecule has 0 saturated heterocycles. The summed E-state index contributed by atoms with van der Waals surface area (Å²) in [6.45, 7) is -0.498. The predicted molar refractivity (Wildman–Crippen MR) is 107 cm³/mol. The molecule has 4 rings (SSSR count). The molecule has 0 aliphatic carbocycles. The van der Waals surface area contributed by atoms with Crippen molar-refractivity contribution in [1.82, 2.24) is 14.8 Å². The largest absolute Gasteiger partial charge is 0.459 e. The molecule has 2 aromatic heterocycles. The van der Waals surface area contributed by atoms with Crippen LogP contribution in [0.5, 0.6) is 11.5 Å². The van der Waals surface area contributed by atoms with Gasteiger partial charge < -0.3 is 13.9 Å². The highest BCUT2D eigenvalue weighted by Crippen LogP contribution is 2.25. The lowest BCUT2D eigenvalue weighted by Gasteiger charge is -2.11. The van der Waals surface area contributed by atoms with Gasteiger partial charge in [-0.1, -0.05) is 18.2 Å². The second-order valence-corrected chi connectivity index (χ2v) is 6.40. The molecule has 4 aromatic rings. The molecular formula is C22H16FN3O5. The lowest BCUT2D eigenvalue weighted by atomic mass is 10.2. The molecule has 0 spiro atoms. The number of carbonyl (C=O) groups is 1. The van der Waals surface area contributed by atoms with E-state index in [0.29, 0.717) is 22.6 Å². The fraction of sp³-hybridized carbons (Fsp3) is 0.0909. The van der Waals surface area contributed by atoms with Crippen LogP contribution < -0.4 is 10.5 Å². The third kappa shape index (κ3) is 5.02. The van der Waals surface area contributed by atoms with Crippen LogP contribution in [0.1, 0.15) is 5.56 Å². The van der Waals surface area contributed by atoms with Crippen LogP contribution in [0, 0.1) is 5.82 Å². The van der Waals surface area contributed by atoms with Crippen molar-refractivity contribution in [3.8, 4) is 23.0 Å². The second-order valence-electron chi connectivity index (χ2n) is 6.40. The van der Waals surface area contributed by atoms with Gasteiger partial charge in [0.05, 0.1) is 6.20 Å². The maximum atomic E-state index is 13.0. The molecule has 0 aliphatic heterocycles. The summed E-state index contributed by atoms with van der Waals surface area (Å²) in [4.78, 5) is 28.2. The van der Waals surface area contributed by atoms with Crippen molar-refractivity contribution >= 4 is 5.97 Å². The number of esters is 1. The molecule has 156 valence electrons. The Hall–Kier alpha value is -4.27. The van der Waals surface area contributed by atoms with Gasteiger partial charge in [0, 0.05) is 17.3 Å². The fourth-order valence-electron chi connectivity index (χ4n) is 2.70. The first kappa shape index (κ1) is 20.0. The van der Waals surface area contributed by atoms with E-state index in [1.165, 1.54) is 24.3 Å². The Labute approximate surface area is 175 Å². The SMILES string of the molecule is O=C(Cn1nc(-c2ccc(F)cc2)oc1=O)OCc1ccccc1Oc1cccnc1. The average Bonchev–Trinajstić information content (AvgIpc) is 3.14. The standard InChI is InChI=1S/C22H16FN3O5/c23-17-9-7-15(8-10-17)21-25-26(22(28)31-21)13-20(27)29-14-16-4-1-2-6-19(16)30-18-5-3-11-24-12-18/h1-12H,13-14H2. The molecule has 0 fully saturated rings. The number of para-hydroxylation sites is 1. The molecule has 0 saturated carbocycles. The number of nitrogens with zero attached hydrogens (tertiary/aromatic N) is 3. The Kier molecular flexibility index (Phi) is 5.84. The van der Waals surface area contributed by atoms with Crippen LogP contribution in [0.4, 0.5) is 4.39 Å². The first-order chi connectivity index (χ1) is 15.1. The monoisotopic (exact) mass is 421 g/mol. The summed E-state index contributed by atoms with van der Waals surface area (Å²) < 4.78 is 30.0. The Balaban J connectivity index is 1.40. The number of rotatable bonds is 7. The molecule has 31 heavy (non-hydrogen) atoms. The van der Waals surface area contributed by atoms with Crippen molar-refractivity contribution in [1.29, 1.82) is 0 Å². The fourth-order valence-corrected chi connectivity index (χ4v) is 2.70. The summed E-state index contributed by atoms with van der Waals surface area (Å²) >= 11 is 0. The zero-order valence-corrected chi connectivity index (χ0v) is 16.1. The maximum Gasteiger partial charge on any atom is 0.437 e. The van der Waals surface area contributed by atoms with Crippen molar-refractivity contribution in [2.24, 2.45) is 0 Å². The third-order valence-corrected chi connectivity index (χ3v) is 4.20. The summed E-state index contributed by atoms with van der Waals surface area (Å²) in [7, 11) is 0. The first-order valence-corrected chi connectivity index (χ1v) is 9.24. The summed E-state index contributed by atoms with van der Waals surface area (Å²) in [5, 5.41) is 3.96. The predicted octanol–water partition coefficient (Wildman–Crippen LogP) is 3.57. The van der Waals surface area contributed by atoms with Crippen molar-refractivity contribution in [3.05, 3.63) is 95.0 Å². The van der Waals surface area contributed by atoms with E-state index < -0.39 is 24.1 Å².